The van der Waals surface area contributed by atoms with Crippen LogP contribution in [0.5, 0.6) is 5.88 Å². The molecule has 0 saturated heterocycles. The van der Waals surface area contributed by atoms with Crippen LogP contribution in [0.3, 0.4) is 0 Å². The first-order valence-corrected chi connectivity index (χ1v) is 7.58. The summed E-state index contributed by atoms with van der Waals surface area (Å²) in [6, 6.07) is 0. The zero-order chi connectivity index (χ0) is 13.2. The minimum atomic E-state index is 0.690. The summed E-state index contributed by atoms with van der Waals surface area (Å²) >= 11 is 3.32. The van der Waals surface area contributed by atoms with Gasteiger partial charge in [-0.2, -0.15) is 4.98 Å². The Hall–Kier alpha value is -1.44. The van der Waals surface area contributed by atoms with Crippen LogP contribution in [0.15, 0.2) is 17.8 Å². The first-order chi connectivity index (χ1) is 9.28. The largest absolute Gasteiger partial charge is 0.480 e. The molecule has 3 heterocycles. The van der Waals surface area contributed by atoms with Crippen molar-refractivity contribution in [3.05, 3.63) is 33.4 Å². The van der Waals surface area contributed by atoms with Crippen molar-refractivity contribution >= 4 is 27.6 Å². The van der Waals surface area contributed by atoms with E-state index < -0.39 is 0 Å². The topological polar surface area (TPSA) is 51.5 Å². The van der Waals surface area contributed by atoms with Crippen LogP contribution in [0.2, 0.25) is 0 Å². The van der Waals surface area contributed by atoms with Crippen molar-refractivity contribution in [1.29, 1.82) is 0 Å². The number of ether oxygens (including phenoxy) is 1. The van der Waals surface area contributed by atoms with Crippen LogP contribution >= 0.6 is 22.7 Å². The number of hydrogen-bond donors (Lipinski definition) is 1. The Morgan fingerprint density at radius 1 is 1.42 bits per heavy atom. The van der Waals surface area contributed by atoms with Crippen molar-refractivity contribution in [3.63, 3.8) is 0 Å². The van der Waals surface area contributed by atoms with Crippen LogP contribution in [0.4, 0.5) is 0 Å². The Morgan fingerprint density at radius 2 is 2.32 bits per heavy atom. The number of nitrogens with zero attached hydrogens (tertiary/aromatic N) is 3. The molecule has 0 amide bonds. The third-order valence-corrected chi connectivity index (χ3v) is 4.42. The summed E-state index contributed by atoms with van der Waals surface area (Å²) in [4.78, 5) is 11.0. The van der Waals surface area contributed by atoms with E-state index in [1.54, 1.807) is 29.8 Å². The van der Waals surface area contributed by atoms with Gasteiger partial charge in [-0.25, -0.2) is 4.98 Å². The standard InChI is InChI=1S/C12H14N4OS2/c1-8-5-14-10(19-8)7-13-6-9-11(17-2)15-12-16(9)3-4-18-12/h3-5,13H,6-7H2,1-2H3. The lowest BCUT2D eigenvalue weighted by atomic mass is 10.4. The minimum Gasteiger partial charge on any atom is -0.480 e. The maximum Gasteiger partial charge on any atom is 0.237 e. The second-order valence-electron chi connectivity index (χ2n) is 4.09. The molecule has 0 aliphatic heterocycles. The van der Waals surface area contributed by atoms with Gasteiger partial charge in [0.2, 0.25) is 5.88 Å². The predicted molar refractivity (Wildman–Crippen MR) is 77.0 cm³/mol. The normalized spacial score (nSPS) is 11.3. The van der Waals surface area contributed by atoms with E-state index in [0.29, 0.717) is 12.4 Å². The molecule has 3 aromatic heterocycles. The first-order valence-electron chi connectivity index (χ1n) is 5.88. The third-order valence-electron chi connectivity index (χ3n) is 2.76. The van der Waals surface area contributed by atoms with Crippen LogP contribution in [0.25, 0.3) is 4.96 Å². The van der Waals surface area contributed by atoms with E-state index in [0.717, 1.165) is 22.2 Å². The van der Waals surface area contributed by atoms with E-state index in [2.05, 4.69) is 26.6 Å². The molecule has 0 aromatic carbocycles. The molecular weight excluding hydrogens is 280 g/mol. The summed E-state index contributed by atoms with van der Waals surface area (Å²) < 4.78 is 7.38. The number of hydrogen-bond acceptors (Lipinski definition) is 6. The van der Waals surface area contributed by atoms with Crippen molar-refractivity contribution in [1.82, 2.24) is 19.7 Å². The summed E-state index contributed by atoms with van der Waals surface area (Å²) in [5.41, 5.74) is 1.05. The highest BCUT2D eigenvalue weighted by atomic mass is 32.1. The van der Waals surface area contributed by atoms with Crippen molar-refractivity contribution in [2.75, 3.05) is 7.11 Å². The van der Waals surface area contributed by atoms with Gasteiger partial charge in [0.15, 0.2) is 4.96 Å². The molecule has 3 aromatic rings. The number of aryl methyl sites for hydroxylation is 1. The van der Waals surface area contributed by atoms with Crippen molar-refractivity contribution < 1.29 is 4.74 Å². The van der Waals surface area contributed by atoms with E-state index in [4.69, 9.17) is 4.74 Å². The monoisotopic (exact) mass is 294 g/mol. The van der Waals surface area contributed by atoms with Crippen LogP contribution < -0.4 is 10.1 Å². The summed E-state index contributed by atoms with van der Waals surface area (Å²) in [6.07, 6.45) is 3.91. The molecule has 1 N–H and O–H groups in total. The first kappa shape index (κ1) is 12.6. The smallest absolute Gasteiger partial charge is 0.237 e. The van der Waals surface area contributed by atoms with E-state index in [-0.39, 0.29) is 0 Å². The number of imidazole rings is 1. The zero-order valence-corrected chi connectivity index (χ0v) is 12.3. The van der Waals surface area contributed by atoms with Gasteiger partial charge >= 0.3 is 0 Å². The SMILES string of the molecule is COc1nc2sccn2c1CNCc1ncc(C)s1. The van der Waals surface area contributed by atoms with Gasteiger partial charge < -0.3 is 10.1 Å². The lowest BCUT2D eigenvalue weighted by Crippen LogP contribution is -2.14. The van der Waals surface area contributed by atoms with Gasteiger partial charge in [0.1, 0.15) is 10.7 Å². The highest BCUT2D eigenvalue weighted by Crippen LogP contribution is 2.23. The maximum absolute atomic E-state index is 5.32. The Labute approximate surface area is 118 Å². The molecule has 0 aliphatic rings. The number of nitrogens with one attached hydrogen (secondary N) is 1. The van der Waals surface area contributed by atoms with E-state index in [1.165, 1.54) is 4.88 Å². The predicted octanol–water partition coefficient (Wildman–Crippen LogP) is 2.46. The molecule has 3 rings (SSSR count). The van der Waals surface area contributed by atoms with Gasteiger partial charge in [-0.1, -0.05) is 0 Å². The van der Waals surface area contributed by atoms with Gasteiger partial charge in [-0.3, -0.25) is 4.40 Å². The fourth-order valence-corrected chi connectivity index (χ4v) is 3.39. The molecular formula is C12H14N4OS2. The highest BCUT2D eigenvalue weighted by molar-refractivity contribution is 7.15. The second kappa shape index (κ2) is 5.28. The van der Waals surface area contributed by atoms with Crippen LogP contribution in [0, 0.1) is 6.92 Å². The molecule has 0 atom stereocenters. The molecule has 0 fully saturated rings. The average molecular weight is 294 g/mol. The molecule has 100 valence electrons. The molecule has 19 heavy (non-hydrogen) atoms. The Balaban J connectivity index is 1.72. The van der Waals surface area contributed by atoms with Gasteiger partial charge in [0.05, 0.1) is 7.11 Å². The second-order valence-corrected chi connectivity index (χ2v) is 6.28. The molecule has 7 heteroatoms. The Bertz CT molecular complexity index is 685. The summed E-state index contributed by atoms with van der Waals surface area (Å²) in [6.45, 7) is 3.54. The van der Waals surface area contributed by atoms with E-state index in [1.807, 2.05) is 17.8 Å². The molecule has 0 bridgehead atoms. The number of methoxy groups -OCH3 is 1. The third kappa shape index (κ3) is 2.49. The number of rotatable bonds is 5. The fraction of sp³-hybridized carbons (Fsp3) is 0.333. The van der Waals surface area contributed by atoms with Gasteiger partial charge in [0, 0.05) is 35.7 Å². The molecule has 5 nitrogen and oxygen atoms in total. The molecule has 0 radical (unpaired) electrons. The van der Waals surface area contributed by atoms with Crippen LogP contribution in [0.1, 0.15) is 15.6 Å². The molecule has 0 aliphatic carbocycles. The van der Waals surface area contributed by atoms with Gasteiger partial charge in [-0.15, -0.1) is 22.7 Å². The lowest BCUT2D eigenvalue weighted by molar-refractivity contribution is 0.393. The number of thiazole rings is 2. The van der Waals surface area contributed by atoms with Crippen molar-refractivity contribution in [2.45, 2.75) is 20.0 Å². The lowest BCUT2D eigenvalue weighted by Gasteiger charge is -2.04. The maximum atomic E-state index is 5.32. The summed E-state index contributed by atoms with van der Waals surface area (Å²) in [5, 5.41) is 6.51. The van der Waals surface area contributed by atoms with Crippen LogP contribution in [-0.4, -0.2) is 21.5 Å². The highest BCUT2D eigenvalue weighted by Gasteiger charge is 2.13. The summed E-state index contributed by atoms with van der Waals surface area (Å²) in [7, 11) is 1.65. The number of fused-ring (bicyclic) bond motifs is 1. The summed E-state index contributed by atoms with van der Waals surface area (Å²) in [5.74, 6) is 0.690. The van der Waals surface area contributed by atoms with Gasteiger partial charge in [-0.05, 0) is 6.92 Å². The zero-order valence-electron chi connectivity index (χ0n) is 10.7. The molecule has 0 unspecified atom stereocenters. The van der Waals surface area contributed by atoms with Crippen LogP contribution in [-0.2, 0) is 13.1 Å². The average Bonchev–Trinajstić information content (AvgIpc) is 3.06. The van der Waals surface area contributed by atoms with Crippen molar-refractivity contribution in [3.8, 4) is 5.88 Å². The van der Waals surface area contributed by atoms with E-state index >= 15 is 0 Å². The van der Waals surface area contributed by atoms with E-state index in [9.17, 15) is 0 Å². The van der Waals surface area contributed by atoms with Crippen molar-refractivity contribution in [2.24, 2.45) is 0 Å². The number of aromatic nitrogens is 3. The fourth-order valence-electron chi connectivity index (χ4n) is 1.91. The van der Waals surface area contributed by atoms with Gasteiger partial charge in [0.25, 0.3) is 0 Å². The minimum absolute atomic E-state index is 0.690. The molecule has 0 saturated carbocycles. The molecule has 0 spiro atoms. The Morgan fingerprint density at radius 3 is 3.05 bits per heavy atom. The quantitative estimate of drug-likeness (QED) is 0.785. The Kier molecular flexibility index (Phi) is 3.50.